The largest absolute Gasteiger partial charge is 0.352 e. The van der Waals surface area contributed by atoms with Crippen molar-refractivity contribution < 1.29 is 4.79 Å². The Labute approximate surface area is 153 Å². The van der Waals surface area contributed by atoms with E-state index in [1.807, 2.05) is 67.6 Å². The van der Waals surface area contributed by atoms with Gasteiger partial charge in [0.05, 0.1) is 11.0 Å². The van der Waals surface area contributed by atoms with E-state index < -0.39 is 0 Å². The molecule has 26 heavy (non-hydrogen) atoms. The zero-order valence-electron chi connectivity index (χ0n) is 15.0. The maximum atomic E-state index is 12.1. The highest BCUT2D eigenvalue weighted by atomic mass is 16.1. The highest BCUT2D eigenvalue weighted by Gasteiger charge is 2.06. The van der Waals surface area contributed by atoms with Crippen LogP contribution in [0, 0.1) is 0 Å². The van der Waals surface area contributed by atoms with Crippen molar-refractivity contribution in [1.82, 2.24) is 15.5 Å². The molecule has 3 aromatic rings. The average molecular weight is 345 g/mol. The van der Waals surface area contributed by atoms with Gasteiger partial charge in [-0.25, -0.2) is 0 Å². The number of carbonyl (C=O) groups is 1. The summed E-state index contributed by atoms with van der Waals surface area (Å²) in [6.07, 6.45) is 3.19. The number of aromatic nitrogens is 2. The first-order valence-electron chi connectivity index (χ1n) is 8.77. The van der Waals surface area contributed by atoms with E-state index in [0.29, 0.717) is 13.0 Å². The summed E-state index contributed by atoms with van der Waals surface area (Å²) in [6.45, 7) is 6.55. The summed E-state index contributed by atoms with van der Waals surface area (Å²) in [5.74, 6) is 0.0553. The molecular formula is C22H23N3O. The molecule has 0 bridgehead atoms. The Morgan fingerprint density at radius 1 is 1.15 bits per heavy atom. The molecule has 1 aromatic heterocycles. The number of aryl methyl sites for hydroxylation is 1. The molecule has 0 atom stereocenters. The number of nitrogens with one attached hydrogen (secondary N) is 2. The zero-order chi connectivity index (χ0) is 18.4. The van der Waals surface area contributed by atoms with E-state index in [-0.39, 0.29) is 5.91 Å². The van der Waals surface area contributed by atoms with Crippen LogP contribution in [0.15, 0.2) is 54.6 Å². The molecule has 0 unspecified atom stereocenters. The van der Waals surface area contributed by atoms with Gasteiger partial charge in [0.1, 0.15) is 0 Å². The van der Waals surface area contributed by atoms with Gasteiger partial charge < -0.3 is 5.32 Å². The maximum Gasteiger partial charge on any atom is 0.220 e. The summed E-state index contributed by atoms with van der Waals surface area (Å²) in [4.78, 5) is 12.1. The third-order valence-electron chi connectivity index (χ3n) is 4.36. The lowest BCUT2D eigenvalue weighted by atomic mass is 10.1. The number of hydrogen-bond acceptors (Lipinski definition) is 2. The van der Waals surface area contributed by atoms with Gasteiger partial charge in [-0.1, -0.05) is 61.2 Å². The van der Waals surface area contributed by atoms with Crippen LogP contribution in [0.2, 0.25) is 0 Å². The van der Waals surface area contributed by atoms with Gasteiger partial charge in [-0.3, -0.25) is 9.89 Å². The third-order valence-corrected chi connectivity index (χ3v) is 4.36. The van der Waals surface area contributed by atoms with Crippen LogP contribution >= 0.6 is 0 Å². The number of benzene rings is 2. The third kappa shape index (κ3) is 4.28. The standard InChI is InChI=1S/C22H23N3O/c1-3-20-16(2)22(25-24-20)19-11-7-10-18(14-19)15-23-21(26)13-12-17-8-5-4-6-9-17/h3-11,14,24H,2,12-13,15H2,1H3,(H,23,26)/b20-3+. The lowest BCUT2D eigenvalue weighted by Crippen LogP contribution is -2.23. The topological polar surface area (TPSA) is 57.8 Å². The molecule has 0 saturated heterocycles. The molecule has 0 aliphatic heterocycles. The number of amides is 1. The van der Waals surface area contributed by atoms with E-state index in [9.17, 15) is 4.79 Å². The van der Waals surface area contributed by atoms with Gasteiger partial charge >= 0.3 is 0 Å². The summed E-state index contributed by atoms with van der Waals surface area (Å²) in [5, 5.41) is 12.1. The Morgan fingerprint density at radius 3 is 2.65 bits per heavy atom. The lowest BCUT2D eigenvalue weighted by molar-refractivity contribution is -0.121. The van der Waals surface area contributed by atoms with Crippen molar-refractivity contribution in [2.24, 2.45) is 0 Å². The van der Waals surface area contributed by atoms with Gasteiger partial charge in [-0.05, 0) is 30.5 Å². The van der Waals surface area contributed by atoms with Crippen LogP contribution in [0.4, 0.5) is 0 Å². The number of H-pyrrole nitrogens is 1. The van der Waals surface area contributed by atoms with Gasteiger partial charge in [0.15, 0.2) is 0 Å². The van der Waals surface area contributed by atoms with Crippen LogP contribution in [0.5, 0.6) is 0 Å². The molecule has 2 N–H and O–H groups in total. The van der Waals surface area contributed by atoms with Crippen molar-refractivity contribution in [3.8, 4) is 11.3 Å². The quantitative estimate of drug-likeness (QED) is 0.721. The zero-order valence-corrected chi connectivity index (χ0v) is 15.0. The van der Waals surface area contributed by atoms with E-state index in [0.717, 1.165) is 33.8 Å². The predicted molar refractivity (Wildman–Crippen MR) is 106 cm³/mol. The van der Waals surface area contributed by atoms with Crippen molar-refractivity contribution in [1.29, 1.82) is 0 Å². The normalized spacial score (nSPS) is 11.5. The van der Waals surface area contributed by atoms with Crippen molar-refractivity contribution in [3.05, 3.63) is 76.3 Å². The van der Waals surface area contributed by atoms with Crippen LogP contribution in [-0.2, 0) is 17.8 Å². The molecule has 0 radical (unpaired) electrons. The number of carbonyl (C=O) groups excluding carboxylic acids is 1. The van der Waals surface area contributed by atoms with Crippen LogP contribution in [0.3, 0.4) is 0 Å². The Bertz CT molecular complexity index is 990. The number of rotatable bonds is 6. The second kappa shape index (κ2) is 8.30. The van der Waals surface area contributed by atoms with Gasteiger partial charge in [0, 0.05) is 23.7 Å². The first kappa shape index (κ1) is 17.7. The summed E-state index contributed by atoms with van der Waals surface area (Å²) in [5.41, 5.74) is 4.06. The van der Waals surface area contributed by atoms with E-state index in [4.69, 9.17) is 0 Å². The summed E-state index contributed by atoms with van der Waals surface area (Å²) >= 11 is 0. The Kier molecular flexibility index (Phi) is 5.64. The molecule has 0 spiro atoms. The molecule has 1 heterocycles. The summed E-state index contributed by atoms with van der Waals surface area (Å²) in [6, 6.07) is 18.1. The van der Waals surface area contributed by atoms with Gasteiger partial charge in [0.2, 0.25) is 5.91 Å². The monoisotopic (exact) mass is 345 g/mol. The fraction of sp³-hybridized carbons (Fsp3) is 0.182. The smallest absolute Gasteiger partial charge is 0.220 e. The number of aromatic amines is 1. The molecule has 132 valence electrons. The highest BCUT2D eigenvalue weighted by Crippen LogP contribution is 2.14. The Balaban J connectivity index is 1.61. The number of hydrogen-bond donors (Lipinski definition) is 2. The van der Waals surface area contributed by atoms with Crippen LogP contribution in [0.1, 0.15) is 24.5 Å². The van der Waals surface area contributed by atoms with Crippen LogP contribution in [0.25, 0.3) is 23.9 Å². The lowest BCUT2D eigenvalue weighted by Gasteiger charge is -2.07. The molecular weight excluding hydrogens is 322 g/mol. The molecule has 0 saturated carbocycles. The second-order valence-electron chi connectivity index (χ2n) is 6.22. The average Bonchev–Trinajstić information content (AvgIpc) is 3.06. The molecule has 4 nitrogen and oxygen atoms in total. The van der Waals surface area contributed by atoms with E-state index >= 15 is 0 Å². The van der Waals surface area contributed by atoms with Gasteiger partial charge in [-0.2, -0.15) is 5.10 Å². The summed E-state index contributed by atoms with van der Waals surface area (Å²) < 4.78 is 0. The maximum absolute atomic E-state index is 12.1. The first-order chi connectivity index (χ1) is 12.7. The van der Waals surface area contributed by atoms with Crippen molar-refractivity contribution in [2.45, 2.75) is 26.3 Å². The molecule has 0 aliphatic rings. The molecule has 2 aromatic carbocycles. The molecule has 0 fully saturated rings. The van der Waals surface area contributed by atoms with Gasteiger partial charge in [0.25, 0.3) is 0 Å². The fourth-order valence-electron chi connectivity index (χ4n) is 2.88. The van der Waals surface area contributed by atoms with E-state index in [1.165, 1.54) is 5.56 Å². The van der Waals surface area contributed by atoms with Crippen molar-refractivity contribution in [2.75, 3.05) is 0 Å². The van der Waals surface area contributed by atoms with Crippen LogP contribution < -0.4 is 15.9 Å². The van der Waals surface area contributed by atoms with Crippen molar-refractivity contribution in [3.63, 3.8) is 0 Å². The van der Waals surface area contributed by atoms with E-state index in [2.05, 4.69) is 22.1 Å². The minimum atomic E-state index is 0.0553. The fourth-order valence-corrected chi connectivity index (χ4v) is 2.88. The Hall–Kier alpha value is -3.14. The molecule has 1 amide bonds. The predicted octanol–water partition coefficient (Wildman–Crippen LogP) is 2.54. The van der Waals surface area contributed by atoms with E-state index in [1.54, 1.807) is 0 Å². The van der Waals surface area contributed by atoms with Crippen LogP contribution in [-0.4, -0.2) is 16.1 Å². The Morgan fingerprint density at radius 2 is 1.92 bits per heavy atom. The molecule has 3 rings (SSSR count). The second-order valence-corrected chi connectivity index (χ2v) is 6.22. The SMILES string of the molecule is C=c1c(-c2cccc(CNC(=O)CCc3ccccc3)c2)n[nH]/c1=C/C. The molecule has 0 aliphatic carbocycles. The summed E-state index contributed by atoms with van der Waals surface area (Å²) in [7, 11) is 0. The van der Waals surface area contributed by atoms with Gasteiger partial charge in [-0.15, -0.1) is 0 Å². The number of nitrogens with zero attached hydrogens (tertiary/aromatic N) is 1. The molecule has 4 heteroatoms. The highest BCUT2D eigenvalue weighted by molar-refractivity contribution is 5.76. The minimum Gasteiger partial charge on any atom is -0.352 e. The minimum absolute atomic E-state index is 0.0553. The van der Waals surface area contributed by atoms with Crippen molar-refractivity contribution >= 4 is 18.6 Å². The first-order valence-corrected chi connectivity index (χ1v) is 8.77.